The van der Waals surface area contributed by atoms with Gasteiger partial charge in [0, 0.05) is 18.4 Å². The topological polar surface area (TPSA) is 39.7 Å². The van der Waals surface area contributed by atoms with Gasteiger partial charge in [-0.2, -0.15) is 0 Å². The van der Waals surface area contributed by atoms with Crippen molar-refractivity contribution in [1.29, 1.82) is 0 Å². The maximum absolute atomic E-state index is 6.37. The van der Waals surface area contributed by atoms with Crippen molar-refractivity contribution in [2.24, 2.45) is 0 Å². The molecule has 0 radical (unpaired) electrons. The highest BCUT2D eigenvalue weighted by atomic mass is 16.5. The Morgan fingerprint density at radius 2 is 1.97 bits per heavy atom. The van der Waals surface area contributed by atoms with Crippen LogP contribution in [-0.2, 0) is 4.74 Å². The summed E-state index contributed by atoms with van der Waals surface area (Å²) in [5, 5.41) is 3.51. The molecule has 1 aliphatic heterocycles. The molecule has 0 saturated carbocycles. The molecule has 158 valence electrons. The Morgan fingerprint density at radius 1 is 1.10 bits per heavy atom. The number of rotatable bonds is 11. The standard InChI is InChI=1S/C25H35NO3/c1-4-19(3)24-13-6-7-14-25(24)29-21(5-2)17-26-20-10-8-11-22(16-20)28-18-23-12-9-15-27-23/h6-8,10-11,13-14,16,19,21,23,26H,4-5,9,12,15,17-18H2,1-3H3/t19-,21+,23+/m0/s1. The number of benzene rings is 2. The molecule has 0 bridgehead atoms. The number of nitrogens with one attached hydrogen (secondary N) is 1. The van der Waals surface area contributed by atoms with Gasteiger partial charge in [-0.1, -0.05) is 45.0 Å². The van der Waals surface area contributed by atoms with Crippen molar-refractivity contribution in [2.45, 2.75) is 64.6 Å². The van der Waals surface area contributed by atoms with Crippen LogP contribution in [0.3, 0.4) is 0 Å². The molecule has 0 aliphatic carbocycles. The van der Waals surface area contributed by atoms with E-state index < -0.39 is 0 Å². The Hall–Kier alpha value is -2.20. The van der Waals surface area contributed by atoms with E-state index in [1.165, 1.54) is 5.56 Å². The number of hydrogen-bond donors (Lipinski definition) is 1. The molecular formula is C25H35NO3. The van der Waals surface area contributed by atoms with Crippen LogP contribution in [0.2, 0.25) is 0 Å². The first-order valence-electron chi connectivity index (χ1n) is 11.0. The molecule has 3 atom stereocenters. The van der Waals surface area contributed by atoms with Crippen LogP contribution in [0.25, 0.3) is 0 Å². The molecule has 1 heterocycles. The molecule has 0 unspecified atom stereocenters. The molecular weight excluding hydrogens is 362 g/mol. The molecule has 2 aromatic rings. The van der Waals surface area contributed by atoms with Gasteiger partial charge >= 0.3 is 0 Å². The number of para-hydroxylation sites is 1. The first-order valence-corrected chi connectivity index (χ1v) is 11.0. The zero-order valence-electron chi connectivity index (χ0n) is 18.0. The monoisotopic (exact) mass is 397 g/mol. The number of hydrogen-bond acceptors (Lipinski definition) is 4. The van der Waals surface area contributed by atoms with Gasteiger partial charge < -0.3 is 19.5 Å². The maximum atomic E-state index is 6.37. The predicted octanol–water partition coefficient (Wildman–Crippen LogP) is 6.03. The van der Waals surface area contributed by atoms with Crippen molar-refractivity contribution in [3.63, 3.8) is 0 Å². The highest BCUT2D eigenvalue weighted by Crippen LogP contribution is 2.29. The molecule has 29 heavy (non-hydrogen) atoms. The zero-order chi connectivity index (χ0) is 20.5. The summed E-state index contributed by atoms with van der Waals surface area (Å²) in [5.74, 6) is 2.38. The van der Waals surface area contributed by atoms with Crippen LogP contribution in [0.15, 0.2) is 48.5 Å². The van der Waals surface area contributed by atoms with Crippen molar-refractivity contribution in [1.82, 2.24) is 0 Å². The predicted molar refractivity (Wildman–Crippen MR) is 119 cm³/mol. The molecule has 1 aliphatic rings. The summed E-state index contributed by atoms with van der Waals surface area (Å²) in [5.41, 5.74) is 2.34. The quantitative estimate of drug-likeness (QED) is 0.503. The third-order valence-electron chi connectivity index (χ3n) is 5.64. The van der Waals surface area contributed by atoms with Gasteiger partial charge in [0.1, 0.15) is 24.2 Å². The van der Waals surface area contributed by atoms with E-state index in [2.05, 4.69) is 62.5 Å². The van der Waals surface area contributed by atoms with Crippen molar-refractivity contribution in [2.75, 3.05) is 25.1 Å². The minimum atomic E-state index is 0.108. The van der Waals surface area contributed by atoms with Crippen LogP contribution in [0.4, 0.5) is 5.69 Å². The molecule has 1 saturated heterocycles. The minimum absolute atomic E-state index is 0.108. The maximum Gasteiger partial charge on any atom is 0.123 e. The second-order valence-corrected chi connectivity index (χ2v) is 7.85. The molecule has 2 aromatic carbocycles. The SMILES string of the molecule is CC[C@H](CNc1cccc(OC[C@H]2CCCO2)c1)Oc1ccccc1[C@@H](C)CC. The van der Waals surface area contributed by atoms with E-state index in [0.29, 0.717) is 12.5 Å². The van der Waals surface area contributed by atoms with Crippen LogP contribution in [-0.4, -0.2) is 32.0 Å². The van der Waals surface area contributed by atoms with Gasteiger partial charge in [0.05, 0.1) is 12.6 Å². The third-order valence-corrected chi connectivity index (χ3v) is 5.64. The van der Waals surface area contributed by atoms with Gasteiger partial charge in [-0.05, 0) is 55.4 Å². The van der Waals surface area contributed by atoms with E-state index in [-0.39, 0.29) is 12.2 Å². The van der Waals surface area contributed by atoms with E-state index in [9.17, 15) is 0 Å². The molecule has 1 N–H and O–H groups in total. The average molecular weight is 398 g/mol. The van der Waals surface area contributed by atoms with Gasteiger partial charge in [0.25, 0.3) is 0 Å². The first kappa shape index (κ1) is 21.5. The fourth-order valence-electron chi connectivity index (χ4n) is 3.56. The summed E-state index contributed by atoms with van der Waals surface area (Å²) in [4.78, 5) is 0. The first-order chi connectivity index (χ1) is 14.2. The molecule has 0 spiro atoms. The molecule has 3 rings (SSSR count). The Morgan fingerprint density at radius 3 is 2.72 bits per heavy atom. The van der Waals surface area contributed by atoms with E-state index in [0.717, 1.165) is 56.0 Å². The Balaban J connectivity index is 1.55. The fourth-order valence-corrected chi connectivity index (χ4v) is 3.56. The number of anilines is 1. The van der Waals surface area contributed by atoms with Gasteiger partial charge in [-0.3, -0.25) is 0 Å². The second kappa shape index (κ2) is 11.1. The summed E-state index contributed by atoms with van der Waals surface area (Å²) in [6.45, 7) is 8.86. The van der Waals surface area contributed by atoms with Gasteiger partial charge in [0.2, 0.25) is 0 Å². The van der Waals surface area contributed by atoms with Crippen LogP contribution in [0.5, 0.6) is 11.5 Å². The summed E-state index contributed by atoms with van der Waals surface area (Å²) in [6.07, 6.45) is 4.61. The third kappa shape index (κ3) is 6.40. The lowest BCUT2D eigenvalue weighted by Gasteiger charge is -2.22. The normalized spacial score (nSPS) is 18.2. The Bertz CT molecular complexity index is 742. The van der Waals surface area contributed by atoms with Crippen molar-refractivity contribution in [3.8, 4) is 11.5 Å². The largest absolute Gasteiger partial charge is 0.491 e. The lowest BCUT2D eigenvalue weighted by atomic mass is 9.98. The van der Waals surface area contributed by atoms with Crippen molar-refractivity contribution < 1.29 is 14.2 Å². The van der Waals surface area contributed by atoms with Crippen LogP contribution in [0.1, 0.15) is 57.9 Å². The van der Waals surface area contributed by atoms with Crippen LogP contribution >= 0.6 is 0 Å². The molecule has 0 amide bonds. The van der Waals surface area contributed by atoms with E-state index >= 15 is 0 Å². The van der Waals surface area contributed by atoms with Crippen LogP contribution < -0.4 is 14.8 Å². The van der Waals surface area contributed by atoms with E-state index in [1.807, 2.05) is 12.1 Å². The highest BCUT2D eigenvalue weighted by Gasteiger charge is 2.16. The summed E-state index contributed by atoms with van der Waals surface area (Å²) in [7, 11) is 0. The van der Waals surface area contributed by atoms with Gasteiger partial charge in [-0.25, -0.2) is 0 Å². The van der Waals surface area contributed by atoms with Crippen molar-refractivity contribution in [3.05, 3.63) is 54.1 Å². The number of ether oxygens (including phenoxy) is 3. The summed E-state index contributed by atoms with van der Waals surface area (Å²) in [6, 6.07) is 16.5. The minimum Gasteiger partial charge on any atom is -0.491 e. The second-order valence-electron chi connectivity index (χ2n) is 7.85. The Kier molecular flexibility index (Phi) is 8.24. The fraction of sp³-hybridized carbons (Fsp3) is 0.520. The van der Waals surface area contributed by atoms with Gasteiger partial charge in [-0.15, -0.1) is 0 Å². The summed E-state index contributed by atoms with van der Waals surface area (Å²) < 4.78 is 17.9. The van der Waals surface area contributed by atoms with Crippen LogP contribution in [0, 0.1) is 0 Å². The smallest absolute Gasteiger partial charge is 0.123 e. The average Bonchev–Trinajstić information content (AvgIpc) is 3.29. The molecule has 4 heteroatoms. The highest BCUT2D eigenvalue weighted by molar-refractivity contribution is 5.48. The molecule has 0 aromatic heterocycles. The molecule has 4 nitrogen and oxygen atoms in total. The van der Waals surface area contributed by atoms with Crippen molar-refractivity contribution >= 4 is 5.69 Å². The van der Waals surface area contributed by atoms with E-state index in [1.54, 1.807) is 0 Å². The van der Waals surface area contributed by atoms with E-state index in [4.69, 9.17) is 14.2 Å². The summed E-state index contributed by atoms with van der Waals surface area (Å²) >= 11 is 0. The lowest BCUT2D eigenvalue weighted by molar-refractivity contribution is 0.0680. The molecule has 1 fully saturated rings. The lowest BCUT2D eigenvalue weighted by Crippen LogP contribution is -2.26. The Labute approximate surface area is 175 Å². The van der Waals surface area contributed by atoms with Gasteiger partial charge in [0.15, 0.2) is 0 Å². The zero-order valence-corrected chi connectivity index (χ0v) is 18.0.